The van der Waals surface area contributed by atoms with Gasteiger partial charge in [-0.1, -0.05) is 26.0 Å². The molecule has 0 bridgehead atoms. The summed E-state index contributed by atoms with van der Waals surface area (Å²) in [6, 6.07) is 8.74. The van der Waals surface area contributed by atoms with Gasteiger partial charge in [-0.3, -0.25) is 0 Å². The second-order valence-corrected chi connectivity index (χ2v) is 5.28. The van der Waals surface area contributed by atoms with Gasteiger partial charge in [-0.15, -0.1) is 0 Å². The standard InChI is InChI=1S/C16H28N2O/c1-4-14(17)9-13(10-15(18)5-2)12-7-6-8-16(11-12)19-3/h6-8,11,13-15H,4-5,9-10,17-18H2,1-3H3. The fraction of sp³-hybridized carbons (Fsp3) is 0.625. The summed E-state index contributed by atoms with van der Waals surface area (Å²) in [7, 11) is 1.70. The average Bonchev–Trinajstić information content (AvgIpc) is 2.46. The molecule has 108 valence electrons. The van der Waals surface area contributed by atoms with Crippen molar-refractivity contribution < 1.29 is 4.74 Å². The Morgan fingerprint density at radius 3 is 2.11 bits per heavy atom. The van der Waals surface area contributed by atoms with Crippen molar-refractivity contribution in [2.24, 2.45) is 11.5 Å². The molecular weight excluding hydrogens is 236 g/mol. The van der Waals surface area contributed by atoms with E-state index in [0.717, 1.165) is 31.4 Å². The first kappa shape index (κ1) is 16.0. The SMILES string of the molecule is CCC(N)CC(CC(N)CC)c1cccc(OC)c1. The van der Waals surface area contributed by atoms with Crippen molar-refractivity contribution in [2.45, 2.75) is 57.5 Å². The molecule has 0 aliphatic rings. The van der Waals surface area contributed by atoms with E-state index >= 15 is 0 Å². The molecule has 0 amide bonds. The van der Waals surface area contributed by atoms with Gasteiger partial charge in [-0.25, -0.2) is 0 Å². The molecule has 0 saturated carbocycles. The maximum absolute atomic E-state index is 6.13. The third kappa shape index (κ3) is 5.21. The van der Waals surface area contributed by atoms with Crippen LogP contribution >= 0.6 is 0 Å². The first-order chi connectivity index (χ1) is 9.10. The summed E-state index contributed by atoms with van der Waals surface area (Å²) in [6.07, 6.45) is 3.97. The fourth-order valence-corrected chi connectivity index (χ4v) is 2.33. The van der Waals surface area contributed by atoms with Crippen molar-refractivity contribution in [3.8, 4) is 5.75 Å². The lowest BCUT2D eigenvalue weighted by Gasteiger charge is -2.24. The van der Waals surface area contributed by atoms with E-state index in [1.807, 2.05) is 12.1 Å². The first-order valence-electron chi connectivity index (χ1n) is 7.25. The van der Waals surface area contributed by atoms with E-state index in [9.17, 15) is 0 Å². The largest absolute Gasteiger partial charge is 0.497 e. The molecule has 0 aliphatic carbocycles. The van der Waals surface area contributed by atoms with Crippen LogP contribution in [0.4, 0.5) is 0 Å². The van der Waals surface area contributed by atoms with E-state index in [0.29, 0.717) is 5.92 Å². The Balaban J connectivity index is 2.86. The third-order valence-electron chi connectivity index (χ3n) is 3.79. The van der Waals surface area contributed by atoms with Crippen molar-refractivity contribution in [1.29, 1.82) is 0 Å². The van der Waals surface area contributed by atoms with E-state index in [2.05, 4.69) is 26.0 Å². The van der Waals surface area contributed by atoms with E-state index in [1.165, 1.54) is 5.56 Å². The monoisotopic (exact) mass is 264 g/mol. The summed E-state index contributed by atoms with van der Waals surface area (Å²) in [5, 5.41) is 0. The lowest BCUT2D eigenvalue weighted by Crippen LogP contribution is -2.27. The molecule has 0 spiro atoms. The Kier molecular flexibility index (Phi) is 6.89. The van der Waals surface area contributed by atoms with Gasteiger partial charge >= 0.3 is 0 Å². The highest BCUT2D eigenvalue weighted by Crippen LogP contribution is 2.29. The van der Waals surface area contributed by atoms with Crippen LogP contribution in [-0.4, -0.2) is 19.2 Å². The van der Waals surface area contributed by atoms with Gasteiger partial charge in [0.05, 0.1) is 7.11 Å². The molecule has 0 aromatic heterocycles. The van der Waals surface area contributed by atoms with Crippen LogP contribution in [-0.2, 0) is 0 Å². The van der Waals surface area contributed by atoms with Crippen LogP contribution in [0.2, 0.25) is 0 Å². The van der Waals surface area contributed by atoms with E-state index in [-0.39, 0.29) is 12.1 Å². The Morgan fingerprint density at radius 2 is 1.63 bits per heavy atom. The second kappa shape index (κ2) is 8.18. The maximum Gasteiger partial charge on any atom is 0.119 e. The fourth-order valence-electron chi connectivity index (χ4n) is 2.33. The number of benzene rings is 1. The number of methoxy groups -OCH3 is 1. The minimum atomic E-state index is 0.236. The number of hydrogen-bond acceptors (Lipinski definition) is 3. The van der Waals surface area contributed by atoms with Gasteiger partial charge in [0.25, 0.3) is 0 Å². The quantitative estimate of drug-likeness (QED) is 0.758. The third-order valence-corrected chi connectivity index (χ3v) is 3.79. The number of rotatable bonds is 8. The molecule has 4 N–H and O–H groups in total. The lowest BCUT2D eigenvalue weighted by molar-refractivity contribution is 0.410. The molecular formula is C16H28N2O. The van der Waals surface area contributed by atoms with Gasteiger partial charge in [0.15, 0.2) is 0 Å². The molecule has 0 radical (unpaired) electrons. The van der Waals surface area contributed by atoms with Crippen LogP contribution < -0.4 is 16.2 Å². The molecule has 2 atom stereocenters. The zero-order valence-corrected chi connectivity index (χ0v) is 12.4. The van der Waals surface area contributed by atoms with Crippen LogP contribution in [0.3, 0.4) is 0 Å². The molecule has 0 saturated heterocycles. The second-order valence-electron chi connectivity index (χ2n) is 5.28. The maximum atomic E-state index is 6.13. The van der Waals surface area contributed by atoms with Crippen molar-refractivity contribution in [3.63, 3.8) is 0 Å². The Morgan fingerprint density at radius 1 is 1.05 bits per heavy atom. The van der Waals surface area contributed by atoms with Crippen LogP contribution in [0.1, 0.15) is 51.0 Å². The van der Waals surface area contributed by atoms with Gasteiger partial charge in [0.1, 0.15) is 5.75 Å². The molecule has 0 fully saturated rings. The smallest absolute Gasteiger partial charge is 0.119 e. The summed E-state index contributed by atoms with van der Waals surface area (Å²) in [5.41, 5.74) is 13.5. The molecule has 2 unspecified atom stereocenters. The highest BCUT2D eigenvalue weighted by molar-refractivity contribution is 5.31. The first-order valence-corrected chi connectivity index (χ1v) is 7.25. The normalized spacial score (nSPS) is 15.8. The van der Waals surface area contributed by atoms with Crippen LogP contribution in [0.15, 0.2) is 24.3 Å². The number of hydrogen-bond donors (Lipinski definition) is 2. The van der Waals surface area contributed by atoms with Crippen LogP contribution in [0, 0.1) is 0 Å². The van der Waals surface area contributed by atoms with E-state index in [4.69, 9.17) is 16.2 Å². The Hall–Kier alpha value is -1.06. The number of ether oxygens (including phenoxy) is 1. The van der Waals surface area contributed by atoms with E-state index in [1.54, 1.807) is 7.11 Å². The summed E-state index contributed by atoms with van der Waals surface area (Å²) in [6.45, 7) is 4.26. The summed E-state index contributed by atoms with van der Waals surface area (Å²) >= 11 is 0. The zero-order valence-electron chi connectivity index (χ0n) is 12.4. The van der Waals surface area contributed by atoms with E-state index < -0.39 is 0 Å². The molecule has 0 heterocycles. The van der Waals surface area contributed by atoms with Crippen molar-refractivity contribution in [3.05, 3.63) is 29.8 Å². The molecule has 1 rings (SSSR count). The van der Waals surface area contributed by atoms with Crippen LogP contribution in [0.5, 0.6) is 5.75 Å². The van der Waals surface area contributed by atoms with Gasteiger partial charge in [0, 0.05) is 12.1 Å². The summed E-state index contributed by atoms with van der Waals surface area (Å²) in [4.78, 5) is 0. The zero-order chi connectivity index (χ0) is 14.3. The van der Waals surface area contributed by atoms with Gasteiger partial charge < -0.3 is 16.2 Å². The van der Waals surface area contributed by atoms with Gasteiger partial charge in [-0.2, -0.15) is 0 Å². The van der Waals surface area contributed by atoms with Crippen molar-refractivity contribution in [1.82, 2.24) is 0 Å². The van der Waals surface area contributed by atoms with Crippen molar-refractivity contribution in [2.75, 3.05) is 7.11 Å². The van der Waals surface area contributed by atoms with Crippen molar-refractivity contribution >= 4 is 0 Å². The van der Waals surface area contributed by atoms with Gasteiger partial charge in [0.2, 0.25) is 0 Å². The molecule has 0 aliphatic heterocycles. The van der Waals surface area contributed by atoms with Gasteiger partial charge in [-0.05, 0) is 49.3 Å². The predicted molar refractivity (Wildman–Crippen MR) is 81.5 cm³/mol. The Labute approximate surface area is 117 Å². The van der Waals surface area contributed by atoms with Crippen LogP contribution in [0.25, 0.3) is 0 Å². The summed E-state index contributed by atoms with van der Waals surface area (Å²) in [5.74, 6) is 1.32. The lowest BCUT2D eigenvalue weighted by atomic mass is 9.86. The number of nitrogens with two attached hydrogens (primary N) is 2. The molecule has 3 heteroatoms. The molecule has 3 nitrogen and oxygen atoms in total. The highest BCUT2D eigenvalue weighted by atomic mass is 16.5. The predicted octanol–water partition coefficient (Wildman–Crippen LogP) is 3.03. The molecule has 1 aromatic rings. The minimum Gasteiger partial charge on any atom is -0.497 e. The highest BCUT2D eigenvalue weighted by Gasteiger charge is 2.18. The molecule has 19 heavy (non-hydrogen) atoms. The average molecular weight is 264 g/mol. The summed E-state index contributed by atoms with van der Waals surface area (Å²) < 4.78 is 5.31. The topological polar surface area (TPSA) is 61.3 Å². The minimum absolute atomic E-state index is 0.236. The molecule has 1 aromatic carbocycles. The Bertz CT molecular complexity index is 356.